The molecule has 0 heterocycles. The molecular formula is C12H15F2NO2. The van der Waals surface area contributed by atoms with Crippen LogP contribution in [-0.2, 0) is 0 Å². The molecule has 1 aromatic carbocycles. The van der Waals surface area contributed by atoms with E-state index in [0.717, 1.165) is 12.1 Å². The van der Waals surface area contributed by atoms with Gasteiger partial charge in [0.25, 0.3) is 5.91 Å². The Labute approximate surface area is 98.5 Å². The summed E-state index contributed by atoms with van der Waals surface area (Å²) in [5.74, 6) is -2.32. The molecule has 17 heavy (non-hydrogen) atoms. The molecule has 0 radical (unpaired) electrons. The second kappa shape index (κ2) is 5.23. The number of hydrogen-bond donors (Lipinski definition) is 2. The van der Waals surface area contributed by atoms with E-state index in [9.17, 15) is 18.7 Å². The van der Waals surface area contributed by atoms with Crippen LogP contribution in [0.4, 0.5) is 8.78 Å². The largest absolute Gasteiger partial charge is 0.388 e. The number of nitrogens with one attached hydrogen (secondary N) is 1. The number of amides is 1. The summed E-state index contributed by atoms with van der Waals surface area (Å²) in [6.45, 7) is 3.35. The Morgan fingerprint density at radius 1 is 1.47 bits per heavy atom. The topological polar surface area (TPSA) is 49.3 Å². The van der Waals surface area contributed by atoms with Crippen LogP contribution in [0.1, 0.15) is 30.6 Å². The van der Waals surface area contributed by atoms with Crippen molar-refractivity contribution in [2.45, 2.75) is 25.9 Å². The molecule has 1 unspecified atom stereocenters. The molecular weight excluding hydrogens is 228 g/mol. The Bertz CT molecular complexity index is 419. The van der Waals surface area contributed by atoms with Gasteiger partial charge in [0.1, 0.15) is 11.6 Å². The molecule has 1 rings (SSSR count). The molecule has 94 valence electrons. The van der Waals surface area contributed by atoms with Crippen LogP contribution in [0.25, 0.3) is 0 Å². The maximum Gasteiger partial charge on any atom is 0.254 e. The van der Waals surface area contributed by atoms with Crippen molar-refractivity contribution in [2.75, 3.05) is 6.54 Å². The first-order valence-corrected chi connectivity index (χ1v) is 5.31. The minimum atomic E-state index is -1.04. The molecule has 0 spiro atoms. The highest BCUT2D eigenvalue weighted by molar-refractivity contribution is 5.94. The number of benzene rings is 1. The van der Waals surface area contributed by atoms with E-state index in [1.54, 1.807) is 13.8 Å². The van der Waals surface area contributed by atoms with Crippen LogP contribution in [0, 0.1) is 11.6 Å². The average molecular weight is 243 g/mol. The van der Waals surface area contributed by atoms with Gasteiger partial charge in [0, 0.05) is 12.6 Å². The Kier molecular flexibility index (Phi) is 4.17. The molecule has 0 aliphatic carbocycles. The molecule has 0 aromatic heterocycles. The van der Waals surface area contributed by atoms with E-state index in [-0.39, 0.29) is 12.1 Å². The molecule has 0 saturated carbocycles. The van der Waals surface area contributed by atoms with Gasteiger partial charge in [0.2, 0.25) is 0 Å². The van der Waals surface area contributed by atoms with Gasteiger partial charge in [-0.1, -0.05) is 6.92 Å². The molecule has 1 aromatic rings. The number of hydrogen-bond acceptors (Lipinski definition) is 2. The first kappa shape index (κ1) is 13.6. The van der Waals surface area contributed by atoms with Crippen LogP contribution in [0.3, 0.4) is 0 Å². The van der Waals surface area contributed by atoms with Gasteiger partial charge in [0.05, 0.1) is 11.2 Å². The van der Waals surface area contributed by atoms with Gasteiger partial charge in [-0.05, 0) is 25.5 Å². The zero-order chi connectivity index (χ0) is 13.1. The van der Waals surface area contributed by atoms with E-state index in [1.807, 2.05) is 0 Å². The lowest BCUT2D eigenvalue weighted by Crippen LogP contribution is -2.40. The normalized spacial score (nSPS) is 14.2. The number of carbonyl (C=O) groups excluding carboxylic acids is 1. The van der Waals surface area contributed by atoms with Gasteiger partial charge in [0.15, 0.2) is 0 Å². The highest BCUT2D eigenvalue weighted by Gasteiger charge is 2.20. The fourth-order valence-electron chi connectivity index (χ4n) is 1.16. The third-order valence-electron chi connectivity index (χ3n) is 2.57. The number of rotatable bonds is 4. The molecule has 0 aliphatic rings. The van der Waals surface area contributed by atoms with Crippen molar-refractivity contribution in [1.29, 1.82) is 0 Å². The predicted octanol–water partition coefficient (Wildman–Crippen LogP) is 1.86. The molecule has 2 N–H and O–H groups in total. The van der Waals surface area contributed by atoms with Crippen LogP contribution in [0.5, 0.6) is 0 Å². The second-order valence-corrected chi connectivity index (χ2v) is 4.16. The fourth-order valence-corrected chi connectivity index (χ4v) is 1.16. The van der Waals surface area contributed by atoms with Crippen molar-refractivity contribution in [3.63, 3.8) is 0 Å². The van der Waals surface area contributed by atoms with Crippen LogP contribution in [0.2, 0.25) is 0 Å². The lowest BCUT2D eigenvalue weighted by Gasteiger charge is -2.21. The number of aliphatic hydroxyl groups is 1. The molecule has 1 amide bonds. The fraction of sp³-hybridized carbons (Fsp3) is 0.417. The van der Waals surface area contributed by atoms with Crippen LogP contribution in [0.15, 0.2) is 18.2 Å². The summed E-state index contributed by atoms with van der Waals surface area (Å²) in [5.41, 5.74) is -1.27. The van der Waals surface area contributed by atoms with Crippen molar-refractivity contribution < 1.29 is 18.7 Å². The maximum atomic E-state index is 13.2. The summed E-state index contributed by atoms with van der Waals surface area (Å²) in [5, 5.41) is 12.1. The Morgan fingerprint density at radius 3 is 2.65 bits per heavy atom. The van der Waals surface area contributed by atoms with E-state index in [1.165, 1.54) is 0 Å². The molecule has 0 saturated heterocycles. The minimum Gasteiger partial charge on any atom is -0.388 e. The summed E-state index contributed by atoms with van der Waals surface area (Å²) >= 11 is 0. The quantitative estimate of drug-likeness (QED) is 0.848. The maximum absolute atomic E-state index is 13.2. The molecule has 5 heteroatoms. The lowest BCUT2D eigenvalue weighted by molar-refractivity contribution is 0.0517. The summed E-state index contributed by atoms with van der Waals surface area (Å²) < 4.78 is 25.9. The zero-order valence-corrected chi connectivity index (χ0v) is 9.76. The van der Waals surface area contributed by atoms with Crippen LogP contribution >= 0.6 is 0 Å². The smallest absolute Gasteiger partial charge is 0.254 e. The second-order valence-electron chi connectivity index (χ2n) is 4.16. The first-order chi connectivity index (χ1) is 7.85. The van der Waals surface area contributed by atoms with E-state index in [4.69, 9.17) is 0 Å². The van der Waals surface area contributed by atoms with Crippen molar-refractivity contribution >= 4 is 5.91 Å². The summed E-state index contributed by atoms with van der Waals surface area (Å²) in [6, 6.07) is 2.73. The molecule has 0 aliphatic heterocycles. The van der Waals surface area contributed by atoms with E-state index >= 15 is 0 Å². The predicted molar refractivity (Wildman–Crippen MR) is 59.6 cm³/mol. The van der Waals surface area contributed by atoms with Gasteiger partial charge in [-0.25, -0.2) is 8.78 Å². The SMILES string of the molecule is CCC(C)(O)CNC(=O)c1ccc(F)cc1F. The third kappa shape index (κ3) is 3.78. The highest BCUT2D eigenvalue weighted by atomic mass is 19.1. The Morgan fingerprint density at radius 2 is 2.12 bits per heavy atom. The van der Waals surface area contributed by atoms with Crippen molar-refractivity contribution in [2.24, 2.45) is 0 Å². The van der Waals surface area contributed by atoms with E-state index in [0.29, 0.717) is 12.5 Å². The Hall–Kier alpha value is -1.49. The minimum absolute atomic E-state index is 0.0130. The van der Waals surface area contributed by atoms with Gasteiger partial charge < -0.3 is 10.4 Å². The first-order valence-electron chi connectivity index (χ1n) is 5.31. The summed E-state index contributed by atoms with van der Waals surface area (Å²) in [6.07, 6.45) is 0.458. The third-order valence-corrected chi connectivity index (χ3v) is 2.57. The molecule has 0 bridgehead atoms. The standard InChI is InChI=1S/C12H15F2NO2/c1-3-12(2,17)7-15-11(16)9-5-4-8(13)6-10(9)14/h4-6,17H,3,7H2,1-2H3,(H,15,16). The van der Waals surface area contributed by atoms with E-state index in [2.05, 4.69) is 5.32 Å². The summed E-state index contributed by atoms with van der Waals surface area (Å²) in [7, 11) is 0. The molecule has 3 nitrogen and oxygen atoms in total. The van der Waals surface area contributed by atoms with Gasteiger partial charge in [-0.2, -0.15) is 0 Å². The van der Waals surface area contributed by atoms with Gasteiger partial charge in [-0.3, -0.25) is 4.79 Å². The molecule has 0 fully saturated rings. The molecule has 1 atom stereocenters. The number of carbonyl (C=O) groups is 1. The monoisotopic (exact) mass is 243 g/mol. The number of halogens is 2. The van der Waals surface area contributed by atoms with Gasteiger partial charge >= 0.3 is 0 Å². The van der Waals surface area contributed by atoms with Gasteiger partial charge in [-0.15, -0.1) is 0 Å². The zero-order valence-electron chi connectivity index (χ0n) is 9.76. The van der Waals surface area contributed by atoms with Crippen molar-refractivity contribution in [1.82, 2.24) is 5.32 Å². The summed E-state index contributed by atoms with van der Waals surface area (Å²) in [4.78, 5) is 11.6. The van der Waals surface area contributed by atoms with Crippen molar-refractivity contribution in [3.8, 4) is 0 Å². The highest BCUT2D eigenvalue weighted by Crippen LogP contribution is 2.11. The Balaban J connectivity index is 2.71. The average Bonchev–Trinajstić information content (AvgIpc) is 2.26. The van der Waals surface area contributed by atoms with Crippen LogP contribution in [-0.4, -0.2) is 23.2 Å². The van der Waals surface area contributed by atoms with Crippen LogP contribution < -0.4 is 5.32 Å². The van der Waals surface area contributed by atoms with E-state index < -0.39 is 23.1 Å². The lowest BCUT2D eigenvalue weighted by atomic mass is 10.0. The van der Waals surface area contributed by atoms with Crippen molar-refractivity contribution in [3.05, 3.63) is 35.4 Å².